The minimum atomic E-state index is 0.149. The summed E-state index contributed by atoms with van der Waals surface area (Å²) in [6.07, 6.45) is 2.52. The van der Waals surface area contributed by atoms with E-state index in [9.17, 15) is 4.79 Å². The number of hydrogen-bond acceptors (Lipinski definition) is 3. The van der Waals surface area contributed by atoms with Crippen LogP contribution in [0.3, 0.4) is 0 Å². The van der Waals surface area contributed by atoms with Gasteiger partial charge in [0.05, 0.1) is 10.6 Å². The molecule has 2 heterocycles. The lowest BCUT2D eigenvalue weighted by Crippen LogP contribution is -2.35. The van der Waals surface area contributed by atoms with Gasteiger partial charge in [-0.15, -0.1) is 11.3 Å². The predicted molar refractivity (Wildman–Crippen MR) is 91.5 cm³/mol. The van der Waals surface area contributed by atoms with Crippen LogP contribution < -0.4 is 0 Å². The minimum Gasteiger partial charge on any atom is -0.338 e. The van der Waals surface area contributed by atoms with Crippen LogP contribution in [0.2, 0.25) is 0 Å². The van der Waals surface area contributed by atoms with Crippen molar-refractivity contribution < 1.29 is 4.79 Å². The number of carbonyl (C=O) groups excluding carboxylic acids is 1. The van der Waals surface area contributed by atoms with Gasteiger partial charge in [0.15, 0.2) is 0 Å². The van der Waals surface area contributed by atoms with Gasteiger partial charge in [-0.05, 0) is 44.6 Å². The van der Waals surface area contributed by atoms with Crippen LogP contribution in [0.5, 0.6) is 0 Å². The number of nitrogens with zero attached hydrogens (tertiary/aromatic N) is 3. The summed E-state index contributed by atoms with van der Waals surface area (Å²) in [6, 6.07) is 2.36. The lowest BCUT2D eigenvalue weighted by molar-refractivity contribution is 0.0732. The molecule has 1 fully saturated rings. The van der Waals surface area contributed by atoms with Crippen LogP contribution in [-0.4, -0.2) is 33.7 Å². The van der Waals surface area contributed by atoms with E-state index in [2.05, 4.69) is 30.6 Å². The van der Waals surface area contributed by atoms with Gasteiger partial charge in [0, 0.05) is 25.0 Å². The van der Waals surface area contributed by atoms with Gasteiger partial charge < -0.3 is 4.90 Å². The molecule has 2 aromatic heterocycles. The molecule has 0 bridgehead atoms. The molecule has 0 saturated heterocycles. The highest BCUT2D eigenvalue weighted by molar-refractivity contribution is 7.20. The van der Waals surface area contributed by atoms with Crippen LogP contribution in [-0.2, 0) is 6.54 Å². The van der Waals surface area contributed by atoms with Crippen molar-refractivity contribution in [1.29, 1.82) is 0 Å². The molecule has 0 spiro atoms. The second kappa shape index (κ2) is 5.69. The summed E-state index contributed by atoms with van der Waals surface area (Å²) in [5.74, 6) is 1.39. The third-order valence-electron chi connectivity index (χ3n) is 4.59. The molecule has 4 nitrogen and oxygen atoms in total. The van der Waals surface area contributed by atoms with Crippen molar-refractivity contribution in [1.82, 2.24) is 14.7 Å². The first-order chi connectivity index (χ1) is 10.4. The molecule has 22 heavy (non-hydrogen) atoms. The Labute approximate surface area is 136 Å². The molecule has 1 atom stereocenters. The van der Waals surface area contributed by atoms with E-state index >= 15 is 0 Å². The van der Waals surface area contributed by atoms with Crippen LogP contribution in [0.25, 0.3) is 10.2 Å². The Bertz CT molecular complexity index is 696. The number of thiophene rings is 1. The fraction of sp³-hybridized carbons (Fsp3) is 0.647. The molecule has 1 aliphatic carbocycles. The maximum Gasteiger partial charge on any atom is 0.264 e. The normalized spacial score (nSPS) is 16.5. The maximum absolute atomic E-state index is 12.7. The first-order valence-electron chi connectivity index (χ1n) is 8.12. The smallest absolute Gasteiger partial charge is 0.264 e. The van der Waals surface area contributed by atoms with Gasteiger partial charge in [-0.1, -0.05) is 13.8 Å². The van der Waals surface area contributed by atoms with E-state index in [0.29, 0.717) is 17.9 Å². The lowest BCUT2D eigenvalue weighted by atomic mass is 10.2. The number of aryl methyl sites for hydroxylation is 1. The molecule has 3 rings (SSSR count). The van der Waals surface area contributed by atoms with E-state index in [0.717, 1.165) is 27.3 Å². The molecule has 1 aliphatic rings. The Kier molecular flexibility index (Phi) is 4.02. The summed E-state index contributed by atoms with van der Waals surface area (Å²) in [5.41, 5.74) is 1.02. The Morgan fingerprint density at radius 1 is 1.45 bits per heavy atom. The molecule has 120 valence electrons. The van der Waals surface area contributed by atoms with Gasteiger partial charge in [0.1, 0.15) is 4.83 Å². The van der Waals surface area contributed by atoms with Gasteiger partial charge in [-0.25, -0.2) is 0 Å². The largest absolute Gasteiger partial charge is 0.338 e. The Hall–Kier alpha value is -1.36. The quantitative estimate of drug-likeness (QED) is 0.837. The predicted octanol–water partition coefficient (Wildman–Crippen LogP) is 3.93. The number of amides is 1. The topological polar surface area (TPSA) is 38.1 Å². The molecule has 0 aromatic carbocycles. The minimum absolute atomic E-state index is 0.149. The average molecular weight is 319 g/mol. The standard InChI is InChI=1S/C17H25N3OS/c1-10(2)9-20-17-14(11(3)18-20)8-15(22-17)16(21)19(5)12(4)13-6-7-13/h8,10,12-13H,6-7,9H2,1-5H3. The van der Waals surface area contributed by atoms with Crippen LogP contribution >= 0.6 is 11.3 Å². The monoisotopic (exact) mass is 319 g/mol. The van der Waals surface area contributed by atoms with E-state index in [1.165, 1.54) is 12.8 Å². The summed E-state index contributed by atoms with van der Waals surface area (Å²) >= 11 is 1.58. The molecule has 0 N–H and O–H groups in total. The van der Waals surface area contributed by atoms with E-state index in [-0.39, 0.29) is 5.91 Å². The highest BCUT2D eigenvalue weighted by atomic mass is 32.1. The lowest BCUT2D eigenvalue weighted by Gasteiger charge is -2.24. The Balaban J connectivity index is 1.89. The fourth-order valence-corrected chi connectivity index (χ4v) is 4.10. The number of fused-ring (bicyclic) bond motifs is 1. The van der Waals surface area contributed by atoms with Gasteiger partial charge in [-0.3, -0.25) is 9.48 Å². The van der Waals surface area contributed by atoms with Crippen molar-refractivity contribution in [2.75, 3.05) is 7.05 Å². The van der Waals surface area contributed by atoms with Crippen molar-refractivity contribution in [3.8, 4) is 0 Å². The summed E-state index contributed by atoms with van der Waals surface area (Å²) in [5, 5.41) is 5.74. The summed E-state index contributed by atoms with van der Waals surface area (Å²) in [4.78, 5) is 16.6. The van der Waals surface area contributed by atoms with Crippen molar-refractivity contribution in [2.24, 2.45) is 11.8 Å². The molecule has 5 heteroatoms. The number of hydrogen-bond donors (Lipinski definition) is 0. The summed E-state index contributed by atoms with van der Waals surface area (Å²) in [7, 11) is 1.93. The second-order valence-electron chi connectivity index (χ2n) is 6.98. The van der Waals surface area contributed by atoms with Gasteiger partial charge in [0.25, 0.3) is 5.91 Å². The fourth-order valence-electron chi connectivity index (χ4n) is 2.94. The van der Waals surface area contributed by atoms with Crippen molar-refractivity contribution in [3.63, 3.8) is 0 Å². The first-order valence-corrected chi connectivity index (χ1v) is 8.94. The van der Waals surface area contributed by atoms with Crippen LogP contribution in [0.1, 0.15) is 49.0 Å². The molecule has 0 aliphatic heterocycles. The third-order valence-corrected chi connectivity index (χ3v) is 5.73. The highest BCUT2D eigenvalue weighted by Gasteiger charge is 2.33. The van der Waals surface area contributed by atoms with Crippen LogP contribution in [0, 0.1) is 18.8 Å². The highest BCUT2D eigenvalue weighted by Crippen LogP contribution is 2.36. The molecule has 1 saturated carbocycles. The van der Waals surface area contributed by atoms with Gasteiger partial charge >= 0.3 is 0 Å². The van der Waals surface area contributed by atoms with Gasteiger partial charge in [-0.2, -0.15) is 5.10 Å². The summed E-state index contributed by atoms with van der Waals surface area (Å²) < 4.78 is 2.06. The van der Waals surface area contributed by atoms with E-state index in [1.807, 2.05) is 24.9 Å². The molecule has 1 amide bonds. The zero-order valence-corrected chi connectivity index (χ0v) is 14.9. The Morgan fingerprint density at radius 2 is 2.14 bits per heavy atom. The zero-order valence-electron chi connectivity index (χ0n) is 14.1. The second-order valence-corrected chi connectivity index (χ2v) is 8.02. The zero-order chi connectivity index (χ0) is 16.0. The summed E-state index contributed by atoms with van der Waals surface area (Å²) in [6.45, 7) is 9.46. The average Bonchev–Trinajstić information content (AvgIpc) is 3.15. The van der Waals surface area contributed by atoms with Gasteiger partial charge in [0.2, 0.25) is 0 Å². The molecule has 1 unspecified atom stereocenters. The molecular formula is C17H25N3OS. The molecule has 0 radical (unpaired) electrons. The number of carbonyl (C=O) groups is 1. The Morgan fingerprint density at radius 3 is 2.73 bits per heavy atom. The van der Waals surface area contributed by atoms with Crippen molar-refractivity contribution in [2.45, 2.75) is 53.1 Å². The SMILES string of the molecule is Cc1nn(CC(C)C)c2sc(C(=O)N(C)C(C)C3CC3)cc12. The molecule has 2 aromatic rings. The van der Waals surface area contributed by atoms with E-state index in [4.69, 9.17) is 0 Å². The number of aromatic nitrogens is 2. The van der Waals surface area contributed by atoms with Crippen molar-refractivity contribution in [3.05, 3.63) is 16.6 Å². The molecular weight excluding hydrogens is 294 g/mol. The van der Waals surface area contributed by atoms with E-state index in [1.54, 1.807) is 11.3 Å². The third kappa shape index (κ3) is 2.78. The van der Waals surface area contributed by atoms with Crippen LogP contribution in [0.4, 0.5) is 0 Å². The number of rotatable bonds is 5. The maximum atomic E-state index is 12.7. The van der Waals surface area contributed by atoms with E-state index < -0.39 is 0 Å². The van der Waals surface area contributed by atoms with Crippen molar-refractivity contribution >= 4 is 27.5 Å². The van der Waals surface area contributed by atoms with Crippen LogP contribution in [0.15, 0.2) is 6.07 Å². The first kappa shape index (κ1) is 15.5.